The van der Waals surface area contributed by atoms with Gasteiger partial charge in [0.2, 0.25) is 0 Å². The molecule has 0 bridgehead atoms. The predicted octanol–water partition coefficient (Wildman–Crippen LogP) is 3.77. The van der Waals surface area contributed by atoms with Crippen molar-refractivity contribution in [3.05, 3.63) is 29.0 Å². The third kappa shape index (κ3) is 2.83. The van der Waals surface area contributed by atoms with Crippen LogP contribution in [0.15, 0.2) is 18.2 Å². The number of benzene rings is 1. The van der Waals surface area contributed by atoms with Crippen molar-refractivity contribution in [2.45, 2.75) is 31.8 Å². The number of hydrogen-bond donors (Lipinski definition) is 1. The Kier molecular flexibility index (Phi) is 3.44. The second-order valence-electron chi connectivity index (χ2n) is 3.75. The standard InChI is InChI=1S/C11H13ClFNO/c12-8-5-6-11(10(13)7-8)14-15-9-3-1-2-4-9/h5-7,9,14H,1-4H2. The average molecular weight is 230 g/mol. The number of hydrogen-bond acceptors (Lipinski definition) is 2. The molecule has 15 heavy (non-hydrogen) atoms. The lowest BCUT2D eigenvalue weighted by Crippen LogP contribution is -2.13. The monoisotopic (exact) mass is 229 g/mol. The van der Waals surface area contributed by atoms with Gasteiger partial charge in [0, 0.05) is 5.02 Å². The Bertz CT molecular complexity index is 339. The molecule has 2 rings (SSSR count). The topological polar surface area (TPSA) is 21.3 Å². The average Bonchev–Trinajstić information content (AvgIpc) is 2.69. The van der Waals surface area contributed by atoms with Gasteiger partial charge in [-0.2, -0.15) is 0 Å². The summed E-state index contributed by atoms with van der Waals surface area (Å²) in [6.07, 6.45) is 4.68. The minimum absolute atomic E-state index is 0.208. The first-order valence-electron chi connectivity index (χ1n) is 5.12. The van der Waals surface area contributed by atoms with Gasteiger partial charge in [-0.3, -0.25) is 10.3 Å². The Morgan fingerprint density at radius 3 is 2.73 bits per heavy atom. The molecule has 1 saturated carbocycles. The summed E-state index contributed by atoms with van der Waals surface area (Å²) in [6, 6.07) is 4.47. The van der Waals surface area contributed by atoms with E-state index in [1.54, 1.807) is 12.1 Å². The Morgan fingerprint density at radius 2 is 2.07 bits per heavy atom. The van der Waals surface area contributed by atoms with Gasteiger partial charge in [-0.05, 0) is 31.0 Å². The molecule has 1 aromatic rings. The second kappa shape index (κ2) is 4.81. The van der Waals surface area contributed by atoms with E-state index in [9.17, 15) is 4.39 Å². The first-order chi connectivity index (χ1) is 7.25. The normalized spacial score (nSPS) is 16.9. The highest BCUT2D eigenvalue weighted by Gasteiger charge is 2.16. The summed E-state index contributed by atoms with van der Waals surface area (Å²) in [5, 5.41) is 0.388. The van der Waals surface area contributed by atoms with Crippen LogP contribution in [-0.4, -0.2) is 6.10 Å². The molecule has 1 aromatic carbocycles. The van der Waals surface area contributed by atoms with Gasteiger partial charge < -0.3 is 0 Å². The maximum atomic E-state index is 13.3. The van der Waals surface area contributed by atoms with E-state index in [1.807, 2.05) is 0 Å². The van der Waals surface area contributed by atoms with E-state index in [0.717, 1.165) is 12.8 Å². The van der Waals surface area contributed by atoms with Crippen molar-refractivity contribution in [2.75, 3.05) is 5.48 Å². The molecular formula is C11H13ClFNO. The van der Waals surface area contributed by atoms with E-state index < -0.39 is 0 Å². The lowest BCUT2D eigenvalue weighted by atomic mass is 10.3. The van der Waals surface area contributed by atoms with Crippen molar-refractivity contribution >= 4 is 17.3 Å². The summed E-state index contributed by atoms with van der Waals surface area (Å²) in [5.74, 6) is -0.388. The molecule has 0 aromatic heterocycles. The SMILES string of the molecule is Fc1cc(Cl)ccc1NOC1CCCC1. The fourth-order valence-electron chi connectivity index (χ4n) is 1.73. The highest BCUT2D eigenvalue weighted by atomic mass is 35.5. The van der Waals surface area contributed by atoms with Crippen LogP contribution in [0.2, 0.25) is 5.02 Å². The molecule has 0 amide bonds. The highest BCUT2D eigenvalue weighted by molar-refractivity contribution is 6.30. The Morgan fingerprint density at radius 1 is 1.33 bits per heavy atom. The molecule has 1 aliphatic rings. The van der Waals surface area contributed by atoms with Crippen molar-refractivity contribution < 1.29 is 9.23 Å². The van der Waals surface area contributed by atoms with Crippen LogP contribution in [0.25, 0.3) is 0 Å². The molecule has 0 radical (unpaired) electrons. The predicted molar refractivity (Wildman–Crippen MR) is 58.4 cm³/mol. The highest BCUT2D eigenvalue weighted by Crippen LogP contribution is 2.23. The number of anilines is 1. The van der Waals surface area contributed by atoms with Gasteiger partial charge in [-0.25, -0.2) is 4.39 Å². The van der Waals surface area contributed by atoms with Gasteiger partial charge >= 0.3 is 0 Å². The summed E-state index contributed by atoms with van der Waals surface area (Å²) in [5.41, 5.74) is 2.99. The first kappa shape index (κ1) is 10.7. The van der Waals surface area contributed by atoms with E-state index in [0.29, 0.717) is 10.7 Å². The molecule has 0 aliphatic heterocycles. The summed E-state index contributed by atoms with van der Waals surface area (Å²) >= 11 is 5.64. The van der Waals surface area contributed by atoms with Gasteiger partial charge in [0.05, 0.1) is 11.8 Å². The lowest BCUT2D eigenvalue weighted by molar-refractivity contribution is 0.105. The van der Waals surface area contributed by atoms with Gasteiger partial charge in [0.1, 0.15) is 5.82 Å². The van der Waals surface area contributed by atoms with Gasteiger partial charge in [0.25, 0.3) is 0 Å². The maximum Gasteiger partial charge on any atom is 0.150 e. The largest absolute Gasteiger partial charge is 0.273 e. The molecule has 0 unspecified atom stereocenters. The third-order valence-electron chi connectivity index (χ3n) is 2.57. The smallest absolute Gasteiger partial charge is 0.150 e. The summed E-state index contributed by atoms with van der Waals surface area (Å²) < 4.78 is 13.3. The molecule has 2 nitrogen and oxygen atoms in total. The van der Waals surface area contributed by atoms with Crippen molar-refractivity contribution in [2.24, 2.45) is 0 Å². The molecule has 82 valence electrons. The van der Waals surface area contributed by atoms with Crippen LogP contribution in [0.4, 0.5) is 10.1 Å². The van der Waals surface area contributed by atoms with Crippen LogP contribution in [0.3, 0.4) is 0 Å². The Hall–Kier alpha value is -0.800. The van der Waals surface area contributed by atoms with Crippen LogP contribution >= 0.6 is 11.6 Å². The minimum Gasteiger partial charge on any atom is -0.273 e. The minimum atomic E-state index is -0.388. The van der Waals surface area contributed by atoms with Gasteiger partial charge in [-0.1, -0.05) is 24.4 Å². The number of rotatable bonds is 3. The number of halogens is 2. The van der Waals surface area contributed by atoms with E-state index in [4.69, 9.17) is 16.4 Å². The first-order valence-corrected chi connectivity index (χ1v) is 5.50. The van der Waals surface area contributed by atoms with Crippen LogP contribution in [0, 0.1) is 5.82 Å². The van der Waals surface area contributed by atoms with E-state index in [1.165, 1.54) is 18.9 Å². The molecule has 0 heterocycles. The van der Waals surface area contributed by atoms with Crippen molar-refractivity contribution in [1.82, 2.24) is 0 Å². The van der Waals surface area contributed by atoms with Crippen molar-refractivity contribution in [1.29, 1.82) is 0 Å². The zero-order valence-electron chi connectivity index (χ0n) is 8.30. The molecule has 4 heteroatoms. The fourth-order valence-corrected chi connectivity index (χ4v) is 1.88. The molecule has 1 fully saturated rings. The van der Waals surface area contributed by atoms with Crippen LogP contribution in [-0.2, 0) is 4.84 Å². The Balaban J connectivity index is 1.92. The molecular weight excluding hydrogens is 217 g/mol. The van der Waals surface area contributed by atoms with Crippen LogP contribution in [0.1, 0.15) is 25.7 Å². The van der Waals surface area contributed by atoms with E-state index >= 15 is 0 Å². The molecule has 1 aliphatic carbocycles. The maximum absolute atomic E-state index is 13.3. The molecule has 1 N–H and O–H groups in total. The molecule has 0 spiro atoms. The van der Waals surface area contributed by atoms with E-state index in [2.05, 4.69) is 5.48 Å². The number of nitrogens with one attached hydrogen (secondary N) is 1. The third-order valence-corrected chi connectivity index (χ3v) is 2.80. The summed E-state index contributed by atoms with van der Waals surface area (Å²) in [4.78, 5) is 5.38. The summed E-state index contributed by atoms with van der Waals surface area (Å²) in [7, 11) is 0. The Labute approximate surface area is 93.3 Å². The van der Waals surface area contributed by atoms with E-state index in [-0.39, 0.29) is 11.9 Å². The molecule has 0 saturated heterocycles. The van der Waals surface area contributed by atoms with Crippen molar-refractivity contribution in [3.63, 3.8) is 0 Å². The molecule has 0 atom stereocenters. The van der Waals surface area contributed by atoms with Crippen molar-refractivity contribution in [3.8, 4) is 0 Å². The lowest BCUT2D eigenvalue weighted by Gasteiger charge is -2.12. The summed E-state index contributed by atoms with van der Waals surface area (Å²) in [6.45, 7) is 0. The second-order valence-corrected chi connectivity index (χ2v) is 4.19. The van der Waals surface area contributed by atoms with Gasteiger partial charge in [0.15, 0.2) is 0 Å². The van der Waals surface area contributed by atoms with Crippen LogP contribution < -0.4 is 5.48 Å². The quantitative estimate of drug-likeness (QED) is 0.797. The zero-order chi connectivity index (χ0) is 10.7. The zero-order valence-corrected chi connectivity index (χ0v) is 9.06. The van der Waals surface area contributed by atoms with Gasteiger partial charge in [-0.15, -0.1) is 0 Å². The van der Waals surface area contributed by atoms with Crippen LogP contribution in [0.5, 0.6) is 0 Å². The fraction of sp³-hybridized carbons (Fsp3) is 0.455.